The summed E-state index contributed by atoms with van der Waals surface area (Å²) in [5.74, 6) is 1.06. The molecule has 0 saturated heterocycles. The minimum absolute atomic E-state index is 0.530. The van der Waals surface area contributed by atoms with Crippen molar-refractivity contribution >= 4 is 5.82 Å². The van der Waals surface area contributed by atoms with Crippen LogP contribution in [0.1, 0.15) is 32.9 Å². The zero-order valence-electron chi connectivity index (χ0n) is 10.8. The van der Waals surface area contributed by atoms with Gasteiger partial charge in [0.2, 0.25) is 0 Å². The molecule has 0 spiro atoms. The molecule has 0 aliphatic rings. The topological polar surface area (TPSA) is 28.2 Å². The van der Waals surface area contributed by atoms with E-state index in [9.17, 15) is 0 Å². The molecule has 0 aromatic carbocycles. The molecule has 0 radical (unpaired) electrons. The Bertz CT molecular complexity index is 312. The van der Waals surface area contributed by atoms with Gasteiger partial charge in [-0.25, -0.2) is 4.98 Å². The quantitative estimate of drug-likeness (QED) is 0.799. The molecular formula is C13H23N3. The average molecular weight is 221 g/mol. The van der Waals surface area contributed by atoms with Crippen molar-refractivity contribution in [2.75, 3.05) is 18.5 Å². The zero-order chi connectivity index (χ0) is 12.0. The highest BCUT2D eigenvalue weighted by atomic mass is 15.2. The van der Waals surface area contributed by atoms with Gasteiger partial charge in [-0.05, 0) is 32.0 Å². The SMILES string of the molecule is CCNCc1cccc(N(C)C(C)CC)n1. The fraction of sp³-hybridized carbons (Fsp3) is 0.615. The van der Waals surface area contributed by atoms with E-state index < -0.39 is 0 Å². The molecule has 0 aliphatic heterocycles. The van der Waals surface area contributed by atoms with Crippen molar-refractivity contribution in [3.8, 4) is 0 Å². The molecule has 3 heteroatoms. The van der Waals surface area contributed by atoms with Gasteiger partial charge in [-0.2, -0.15) is 0 Å². The Kier molecular flexibility index (Phi) is 5.26. The Morgan fingerprint density at radius 2 is 2.12 bits per heavy atom. The van der Waals surface area contributed by atoms with E-state index in [1.807, 2.05) is 0 Å². The normalized spacial score (nSPS) is 12.5. The Balaban J connectivity index is 2.73. The maximum absolute atomic E-state index is 4.64. The lowest BCUT2D eigenvalue weighted by atomic mass is 10.2. The van der Waals surface area contributed by atoms with Gasteiger partial charge in [0.25, 0.3) is 0 Å². The van der Waals surface area contributed by atoms with Gasteiger partial charge in [0.1, 0.15) is 5.82 Å². The molecule has 90 valence electrons. The summed E-state index contributed by atoms with van der Waals surface area (Å²) in [5.41, 5.74) is 1.11. The molecular weight excluding hydrogens is 198 g/mol. The molecule has 16 heavy (non-hydrogen) atoms. The molecule has 0 amide bonds. The van der Waals surface area contributed by atoms with Crippen LogP contribution in [0.25, 0.3) is 0 Å². The first kappa shape index (κ1) is 13.0. The maximum Gasteiger partial charge on any atom is 0.128 e. The summed E-state index contributed by atoms with van der Waals surface area (Å²) >= 11 is 0. The van der Waals surface area contributed by atoms with E-state index in [4.69, 9.17) is 0 Å². The predicted octanol–water partition coefficient (Wildman–Crippen LogP) is 2.43. The van der Waals surface area contributed by atoms with Gasteiger partial charge in [0.15, 0.2) is 0 Å². The van der Waals surface area contributed by atoms with Crippen LogP contribution in [-0.4, -0.2) is 24.6 Å². The van der Waals surface area contributed by atoms with E-state index in [1.54, 1.807) is 0 Å². The highest BCUT2D eigenvalue weighted by Crippen LogP contribution is 2.14. The highest BCUT2D eigenvalue weighted by Gasteiger charge is 2.09. The molecule has 1 rings (SSSR count). The van der Waals surface area contributed by atoms with E-state index in [0.29, 0.717) is 6.04 Å². The smallest absolute Gasteiger partial charge is 0.128 e. The van der Waals surface area contributed by atoms with Crippen LogP contribution < -0.4 is 10.2 Å². The van der Waals surface area contributed by atoms with E-state index in [0.717, 1.165) is 31.0 Å². The molecule has 1 N–H and O–H groups in total. The first-order chi connectivity index (χ1) is 7.69. The number of hydrogen-bond donors (Lipinski definition) is 1. The Labute approximate surface area is 98.9 Å². The third kappa shape index (κ3) is 3.49. The minimum Gasteiger partial charge on any atom is -0.357 e. The third-order valence-electron chi connectivity index (χ3n) is 2.96. The Morgan fingerprint density at radius 1 is 1.38 bits per heavy atom. The van der Waals surface area contributed by atoms with E-state index in [2.05, 4.69) is 61.2 Å². The summed E-state index contributed by atoms with van der Waals surface area (Å²) in [4.78, 5) is 6.87. The van der Waals surface area contributed by atoms with E-state index in [-0.39, 0.29) is 0 Å². The summed E-state index contributed by atoms with van der Waals surface area (Å²) < 4.78 is 0. The largest absolute Gasteiger partial charge is 0.357 e. The fourth-order valence-electron chi connectivity index (χ4n) is 1.51. The highest BCUT2D eigenvalue weighted by molar-refractivity contribution is 5.39. The monoisotopic (exact) mass is 221 g/mol. The van der Waals surface area contributed by atoms with Gasteiger partial charge in [0, 0.05) is 19.6 Å². The van der Waals surface area contributed by atoms with E-state index in [1.165, 1.54) is 0 Å². The van der Waals surface area contributed by atoms with Gasteiger partial charge in [-0.1, -0.05) is 19.9 Å². The van der Waals surface area contributed by atoms with Crippen molar-refractivity contribution < 1.29 is 0 Å². The average Bonchev–Trinajstić information content (AvgIpc) is 2.34. The van der Waals surface area contributed by atoms with Crippen molar-refractivity contribution in [3.05, 3.63) is 23.9 Å². The summed E-state index contributed by atoms with van der Waals surface area (Å²) in [6.45, 7) is 8.35. The van der Waals surface area contributed by atoms with Gasteiger partial charge in [0.05, 0.1) is 5.69 Å². The van der Waals surface area contributed by atoms with Crippen LogP contribution in [0.2, 0.25) is 0 Å². The van der Waals surface area contributed by atoms with Crippen molar-refractivity contribution in [1.29, 1.82) is 0 Å². The van der Waals surface area contributed by atoms with Crippen molar-refractivity contribution in [3.63, 3.8) is 0 Å². The molecule has 1 aromatic heterocycles. The molecule has 1 heterocycles. The molecule has 0 fully saturated rings. The standard InChI is InChI=1S/C13H23N3/c1-5-11(3)16(4)13-9-7-8-12(15-13)10-14-6-2/h7-9,11,14H,5-6,10H2,1-4H3. The molecule has 1 aromatic rings. The van der Waals surface area contributed by atoms with Crippen molar-refractivity contribution in [2.45, 2.75) is 39.8 Å². The molecule has 1 unspecified atom stereocenters. The van der Waals surface area contributed by atoms with Gasteiger partial charge >= 0.3 is 0 Å². The van der Waals surface area contributed by atoms with Gasteiger partial charge in [-0.3, -0.25) is 0 Å². The lowest BCUT2D eigenvalue weighted by Gasteiger charge is -2.25. The molecule has 0 bridgehead atoms. The van der Waals surface area contributed by atoms with Gasteiger partial charge in [-0.15, -0.1) is 0 Å². The molecule has 1 atom stereocenters. The maximum atomic E-state index is 4.64. The number of nitrogens with one attached hydrogen (secondary N) is 1. The van der Waals surface area contributed by atoms with Crippen LogP contribution in [0.15, 0.2) is 18.2 Å². The Hall–Kier alpha value is -1.09. The van der Waals surface area contributed by atoms with Crippen LogP contribution >= 0.6 is 0 Å². The number of rotatable bonds is 6. The molecule has 0 aliphatic carbocycles. The van der Waals surface area contributed by atoms with Gasteiger partial charge < -0.3 is 10.2 Å². The van der Waals surface area contributed by atoms with Crippen LogP contribution in [0.4, 0.5) is 5.82 Å². The lowest BCUT2D eigenvalue weighted by molar-refractivity contribution is 0.651. The summed E-state index contributed by atoms with van der Waals surface area (Å²) in [6.07, 6.45) is 1.13. The lowest BCUT2D eigenvalue weighted by Crippen LogP contribution is -2.29. The fourth-order valence-corrected chi connectivity index (χ4v) is 1.51. The summed E-state index contributed by atoms with van der Waals surface area (Å²) in [6, 6.07) is 6.74. The first-order valence-electron chi connectivity index (χ1n) is 6.08. The third-order valence-corrected chi connectivity index (χ3v) is 2.96. The van der Waals surface area contributed by atoms with Crippen LogP contribution in [0.5, 0.6) is 0 Å². The summed E-state index contributed by atoms with van der Waals surface area (Å²) in [7, 11) is 2.10. The molecule has 0 saturated carbocycles. The van der Waals surface area contributed by atoms with Crippen LogP contribution in [0, 0.1) is 0 Å². The number of hydrogen-bond acceptors (Lipinski definition) is 3. The predicted molar refractivity (Wildman–Crippen MR) is 69.8 cm³/mol. The zero-order valence-corrected chi connectivity index (χ0v) is 10.8. The number of aromatic nitrogens is 1. The van der Waals surface area contributed by atoms with Crippen LogP contribution in [0.3, 0.4) is 0 Å². The van der Waals surface area contributed by atoms with Crippen LogP contribution in [-0.2, 0) is 6.54 Å². The minimum atomic E-state index is 0.530. The second-order valence-electron chi connectivity index (χ2n) is 4.14. The second kappa shape index (κ2) is 6.48. The number of pyridine rings is 1. The van der Waals surface area contributed by atoms with E-state index >= 15 is 0 Å². The number of anilines is 1. The van der Waals surface area contributed by atoms with Crippen molar-refractivity contribution in [2.24, 2.45) is 0 Å². The van der Waals surface area contributed by atoms with Crippen molar-refractivity contribution in [1.82, 2.24) is 10.3 Å². The Morgan fingerprint density at radius 3 is 2.75 bits per heavy atom. The first-order valence-corrected chi connectivity index (χ1v) is 6.08. The second-order valence-corrected chi connectivity index (χ2v) is 4.14. The number of nitrogens with zero attached hydrogens (tertiary/aromatic N) is 2. The molecule has 3 nitrogen and oxygen atoms in total. The summed E-state index contributed by atoms with van der Waals surface area (Å²) in [5, 5.41) is 3.29.